The van der Waals surface area contributed by atoms with E-state index in [0.29, 0.717) is 5.56 Å². The summed E-state index contributed by atoms with van der Waals surface area (Å²) >= 11 is 0. The van der Waals surface area contributed by atoms with Crippen molar-refractivity contribution in [2.45, 2.75) is 6.10 Å². The number of pyridine rings is 1. The molecule has 0 saturated heterocycles. The molecule has 13 heavy (non-hydrogen) atoms. The van der Waals surface area contributed by atoms with E-state index in [1.165, 1.54) is 6.20 Å². The van der Waals surface area contributed by atoms with Crippen molar-refractivity contribution in [2.75, 3.05) is 0 Å². The smallest absolute Gasteiger partial charge is 0.333 e. The van der Waals surface area contributed by atoms with E-state index in [2.05, 4.69) is 11.6 Å². The molecule has 0 aliphatic rings. The maximum Gasteiger partial charge on any atom is 0.333 e. The zero-order chi connectivity index (χ0) is 9.84. The van der Waals surface area contributed by atoms with Gasteiger partial charge in [-0.2, -0.15) is 0 Å². The van der Waals surface area contributed by atoms with Crippen molar-refractivity contribution in [2.24, 2.45) is 0 Å². The minimum Gasteiger partial charge on any atom is -0.478 e. The number of carboxylic acid groups (broad SMARTS) is 1. The summed E-state index contributed by atoms with van der Waals surface area (Å²) in [5, 5.41) is 18.0. The summed E-state index contributed by atoms with van der Waals surface area (Å²) in [6.45, 7) is 3.25. The van der Waals surface area contributed by atoms with Gasteiger partial charge in [-0.05, 0) is 6.07 Å². The number of aliphatic carboxylic acids is 1. The molecule has 0 bridgehead atoms. The highest BCUT2D eigenvalue weighted by Crippen LogP contribution is 2.18. The molecule has 1 atom stereocenters. The molecule has 0 radical (unpaired) electrons. The van der Waals surface area contributed by atoms with E-state index in [1.54, 1.807) is 18.3 Å². The van der Waals surface area contributed by atoms with Crippen LogP contribution in [0.3, 0.4) is 0 Å². The van der Waals surface area contributed by atoms with Gasteiger partial charge in [-0.1, -0.05) is 12.6 Å². The number of carboxylic acids is 1. The zero-order valence-electron chi connectivity index (χ0n) is 6.84. The summed E-state index contributed by atoms with van der Waals surface area (Å²) in [5.74, 6) is -1.21. The van der Waals surface area contributed by atoms with E-state index in [1.807, 2.05) is 0 Å². The lowest BCUT2D eigenvalue weighted by Crippen LogP contribution is -2.09. The number of rotatable bonds is 3. The zero-order valence-corrected chi connectivity index (χ0v) is 6.84. The van der Waals surface area contributed by atoms with E-state index in [0.717, 1.165) is 0 Å². The Bertz CT molecular complexity index is 321. The van der Waals surface area contributed by atoms with Crippen molar-refractivity contribution >= 4 is 5.97 Å². The monoisotopic (exact) mass is 179 g/mol. The third kappa shape index (κ3) is 2.13. The van der Waals surface area contributed by atoms with Crippen molar-refractivity contribution in [3.8, 4) is 0 Å². The minimum atomic E-state index is -1.21. The second-order valence-corrected chi connectivity index (χ2v) is 2.52. The molecule has 2 N–H and O–H groups in total. The van der Waals surface area contributed by atoms with E-state index in [4.69, 9.17) is 5.11 Å². The number of aromatic nitrogens is 1. The maximum absolute atomic E-state index is 10.4. The van der Waals surface area contributed by atoms with Crippen LogP contribution in [0.2, 0.25) is 0 Å². The Morgan fingerprint density at radius 3 is 2.77 bits per heavy atom. The van der Waals surface area contributed by atoms with Crippen LogP contribution in [0.15, 0.2) is 36.7 Å². The molecule has 0 amide bonds. The number of nitrogens with zero attached hydrogens (tertiary/aromatic N) is 1. The van der Waals surface area contributed by atoms with Crippen LogP contribution in [0.25, 0.3) is 0 Å². The maximum atomic E-state index is 10.4. The van der Waals surface area contributed by atoms with Crippen LogP contribution in [-0.4, -0.2) is 21.2 Å². The standard InChI is InChI=1S/C9H9NO3/c1-6(9(12)13)8(11)7-3-2-4-10-5-7/h2-5,8,11H,1H2,(H,12,13). The van der Waals surface area contributed by atoms with Crippen LogP contribution in [0.1, 0.15) is 11.7 Å². The molecule has 4 nitrogen and oxygen atoms in total. The normalized spacial score (nSPS) is 12.1. The predicted molar refractivity (Wildman–Crippen MR) is 46.0 cm³/mol. The van der Waals surface area contributed by atoms with E-state index < -0.39 is 12.1 Å². The van der Waals surface area contributed by atoms with Crippen molar-refractivity contribution < 1.29 is 15.0 Å². The molecule has 1 aromatic heterocycles. The molecule has 0 fully saturated rings. The molecular formula is C9H9NO3. The third-order valence-electron chi connectivity index (χ3n) is 1.60. The third-order valence-corrected chi connectivity index (χ3v) is 1.60. The van der Waals surface area contributed by atoms with Crippen molar-refractivity contribution in [1.29, 1.82) is 0 Å². The molecule has 0 aliphatic carbocycles. The van der Waals surface area contributed by atoms with Gasteiger partial charge in [-0.25, -0.2) is 4.79 Å². The van der Waals surface area contributed by atoms with Gasteiger partial charge in [0, 0.05) is 18.0 Å². The fraction of sp³-hybridized carbons (Fsp3) is 0.111. The van der Waals surface area contributed by atoms with E-state index in [9.17, 15) is 9.90 Å². The average Bonchev–Trinajstić information content (AvgIpc) is 2.17. The lowest BCUT2D eigenvalue weighted by atomic mass is 10.1. The number of hydrogen-bond donors (Lipinski definition) is 2. The summed E-state index contributed by atoms with van der Waals surface area (Å²) in [7, 11) is 0. The average molecular weight is 179 g/mol. The Morgan fingerprint density at radius 2 is 2.31 bits per heavy atom. The second-order valence-electron chi connectivity index (χ2n) is 2.52. The van der Waals surface area contributed by atoms with Gasteiger partial charge in [0.25, 0.3) is 0 Å². The summed E-state index contributed by atoms with van der Waals surface area (Å²) in [4.78, 5) is 14.2. The molecule has 68 valence electrons. The SMILES string of the molecule is C=C(C(=O)O)C(O)c1cccnc1. The molecular weight excluding hydrogens is 170 g/mol. The first-order chi connectivity index (χ1) is 6.13. The van der Waals surface area contributed by atoms with Crippen LogP contribution in [0.4, 0.5) is 0 Å². The number of aliphatic hydroxyl groups excluding tert-OH is 1. The lowest BCUT2D eigenvalue weighted by molar-refractivity contribution is -0.133. The Kier molecular flexibility index (Phi) is 2.76. The van der Waals surface area contributed by atoms with Gasteiger partial charge in [0.05, 0.1) is 5.57 Å². The number of aliphatic hydroxyl groups is 1. The van der Waals surface area contributed by atoms with Crippen LogP contribution in [0, 0.1) is 0 Å². The van der Waals surface area contributed by atoms with Gasteiger partial charge in [-0.3, -0.25) is 4.98 Å². The quantitative estimate of drug-likeness (QED) is 0.672. The molecule has 0 saturated carbocycles. The van der Waals surface area contributed by atoms with Crippen LogP contribution in [-0.2, 0) is 4.79 Å². The Hall–Kier alpha value is -1.68. The Balaban J connectivity index is 2.86. The minimum absolute atomic E-state index is 0.256. The molecule has 1 unspecified atom stereocenters. The molecule has 0 aromatic carbocycles. The van der Waals surface area contributed by atoms with Gasteiger partial charge >= 0.3 is 5.97 Å². The molecule has 1 heterocycles. The summed E-state index contributed by atoms with van der Waals surface area (Å²) in [6.07, 6.45) is 1.75. The van der Waals surface area contributed by atoms with Crippen LogP contribution >= 0.6 is 0 Å². The Labute approximate surface area is 75.2 Å². The van der Waals surface area contributed by atoms with E-state index >= 15 is 0 Å². The highest BCUT2D eigenvalue weighted by molar-refractivity contribution is 5.87. The second kappa shape index (κ2) is 3.82. The summed E-state index contributed by atoms with van der Waals surface area (Å²) < 4.78 is 0. The summed E-state index contributed by atoms with van der Waals surface area (Å²) in [6, 6.07) is 3.21. The van der Waals surface area contributed by atoms with Gasteiger partial charge in [0.15, 0.2) is 0 Å². The first kappa shape index (κ1) is 9.41. The van der Waals surface area contributed by atoms with Crippen molar-refractivity contribution in [3.63, 3.8) is 0 Å². The fourth-order valence-corrected chi connectivity index (χ4v) is 0.856. The van der Waals surface area contributed by atoms with Crippen molar-refractivity contribution in [1.82, 2.24) is 4.98 Å². The first-order valence-electron chi connectivity index (χ1n) is 3.63. The lowest BCUT2D eigenvalue weighted by Gasteiger charge is -2.09. The van der Waals surface area contributed by atoms with Crippen LogP contribution in [0.5, 0.6) is 0 Å². The highest BCUT2D eigenvalue weighted by atomic mass is 16.4. The molecule has 0 spiro atoms. The van der Waals surface area contributed by atoms with Crippen molar-refractivity contribution in [3.05, 3.63) is 42.2 Å². The number of hydrogen-bond acceptors (Lipinski definition) is 3. The van der Waals surface area contributed by atoms with Gasteiger partial charge in [-0.15, -0.1) is 0 Å². The molecule has 4 heteroatoms. The van der Waals surface area contributed by atoms with Gasteiger partial charge < -0.3 is 10.2 Å². The Morgan fingerprint density at radius 1 is 1.62 bits per heavy atom. The fourth-order valence-electron chi connectivity index (χ4n) is 0.856. The van der Waals surface area contributed by atoms with E-state index in [-0.39, 0.29) is 5.57 Å². The highest BCUT2D eigenvalue weighted by Gasteiger charge is 2.16. The molecule has 1 rings (SSSR count). The summed E-state index contributed by atoms with van der Waals surface area (Å²) in [5.41, 5.74) is 0.169. The molecule has 1 aromatic rings. The largest absolute Gasteiger partial charge is 0.478 e. The van der Waals surface area contributed by atoms with Gasteiger partial charge in [0.1, 0.15) is 6.10 Å². The predicted octanol–water partition coefficient (Wildman–Crippen LogP) is 0.756. The topological polar surface area (TPSA) is 70.4 Å². The van der Waals surface area contributed by atoms with Crippen LogP contribution < -0.4 is 0 Å². The number of carbonyl (C=O) groups is 1. The first-order valence-corrected chi connectivity index (χ1v) is 3.63. The molecule has 0 aliphatic heterocycles. The van der Waals surface area contributed by atoms with Gasteiger partial charge in [0.2, 0.25) is 0 Å².